The average Bonchev–Trinajstić information content (AvgIpc) is 3.33. The van der Waals surface area contributed by atoms with Gasteiger partial charge in [-0.25, -0.2) is 9.78 Å². The lowest BCUT2D eigenvalue weighted by molar-refractivity contribution is 0.157. The fraction of sp³-hybridized carbons (Fsp3) is 0.222. The van der Waals surface area contributed by atoms with Gasteiger partial charge in [-0.3, -0.25) is 0 Å². The molecule has 0 bridgehead atoms. The molecular formula is C18H20N4O3. The number of urea groups is 1. The van der Waals surface area contributed by atoms with Crippen molar-refractivity contribution in [2.45, 2.75) is 12.6 Å². The van der Waals surface area contributed by atoms with Gasteiger partial charge in [0, 0.05) is 26.0 Å². The van der Waals surface area contributed by atoms with Gasteiger partial charge in [0.1, 0.15) is 11.8 Å². The first kappa shape index (κ1) is 16.8. The lowest BCUT2D eigenvalue weighted by Gasteiger charge is -2.17. The van der Waals surface area contributed by atoms with Crippen LogP contribution in [0.3, 0.4) is 0 Å². The number of carbonyl (C=O) groups excluding carboxylic acids is 1. The first-order chi connectivity index (χ1) is 12.3. The van der Waals surface area contributed by atoms with Crippen LogP contribution in [0.15, 0.2) is 65.8 Å². The van der Waals surface area contributed by atoms with Crippen molar-refractivity contribution in [2.24, 2.45) is 0 Å². The van der Waals surface area contributed by atoms with Crippen LogP contribution in [0.25, 0.3) is 5.69 Å². The third kappa shape index (κ3) is 4.27. The third-order valence-corrected chi connectivity index (χ3v) is 3.74. The number of amides is 2. The molecule has 2 amide bonds. The average molecular weight is 340 g/mol. The van der Waals surface area contributed by atoms with E-state index < -0.39 is 0 Å². The number of aromatic nitrogens is 2. The first-order valence-corrected chi connectivity index (χ1v) is 7.91. The van der Waals surface area contributed by atoms with E-state index >= 15 is 0 Å². The predicted octanol–water partition coefficient (Wildman–Crippen LogP) is 2.65. The fourth-order valence-electron chi connectivity index (χ4n) is 2.55. The molecule has 0 fully saturated rings. The van der Waals surface area contributed by atoms with Crippen molar-refractivity contribution in [3.63, 3.8) is 0 Å². The lowest BCUT2D eigenvalue weighted by atomic mass is 10.1. The lowest BCUT2D eigenvalue weighted by Crippen LogP contribution is -2.39. The van der Waals surface area contributed by atoms with Gasteiger partial charge in [0.25, 0.3) is 0 Å². The Bertz CT molecular complexity index is 785. The highest BCUT2D eigenvalue weighted by atomic mass is 16.5. The van der Waals surface area contributed by atoms with E-state index in [1.807, 2.05) is 35.0 Å². The van der Waals surface area contributed by atoms with Crippen molar-refractivity contribution in [1.29, 1.82) is 0 Å². The SMILES string of the molecule is COCC(NC(=O)NCc1ccccc1-n1ccnc1)c1ccco1. The second kappa shape index (κ2) is 8.16. The van der Waals surface area contributed by atoms with Crippen LogP contribution < -0.4 is 10.6 Å². The minimum Gasteiger partial charge on any atom is -0.467 e. The molecule has 130 valence electrons. The van der Waals surface area contributed by atoms with Gasteiger partial charge in [-0.1, -0.05) is 18.2 Å². The number of para-hydroxylation sites is 1. The Labute approximate surface area is 145 Å². The van der Waals surface area contributed by atoms with E-state index in [1.165, 1.54) is 0 Å². The van der Waals surface area contributed by atoms with Crippen molar-refractivity contribution >= 4 is 6.03 Å². The molecule has 7 nitrogen and oxygen atoms in total. The second-order valence-electron chi connectivity index (χ2n) is 5.45. The van der Waals surface area contributed by atoms with Crippen molar-refractivity contribution in [3.05, 3.63) is 72.7 Å². The number of furan rings is 1. The van der Waals surface area contributed by atoms with Gasteiger partial charge in [0.15, 0.2) is 0 Å². The summed E-state index contributed by atoms with van der Waals surface area (Å²) < 4.78 is 12.4. The maximum atomic E-state index is 12.3. The molecule has 7 heteroatoms. The van der Waals surface area contributed by atoms with Gasteiger partial charge in [0.2, 0.25) is 0 Å². The summed E-state index contributed by atoms with van der Waals surface area (Å²) in [6, 6.07) is 10.8. The van der Waals surface area contributed by atoms with Gasteiger partial charge in [-0.15, -0.1) is 0 Å². The molecule has 2 heterocycles. The fourth-order valence-corrected chi connectivity index (χ4v) is 2.55. The highest BCUT2D eigenvalue weighted by Crippen LogP contribution is 2.15. The monoisotopic (exact) mass is 340 g/mol. The Balaban J connectivity index is 1.63. The molecule has 0 aliphatic rings. The van der Waals surface area contributed by atoms with Gasteiger partial charge < -0.3 is 24.4 Å². The molecule has 25 heavy (non-hydrogen) atoms. The second-order valence-corrected chi connectivity index (χ2v) is 5.45. The number of imidazole rings is 1. The van der Waals surface area contributed by atoms with Crippen LogP contribution in [-0.2, 0) is 11.3 Å². The van der Waals surface area contributed by atoms with Crippen molar-refractivity contribution in [3.8, 4) is 5.69 Å². The number of hydrogen-bond acceptors (Lipinski definition) is 4. The zero-order valence-electron chi connectivity index (χ0n) is 13.9. The molecule has 2 aromatic heterocycles. The quantitative estimate of drug-likeness (QED) is 0.693. The van der Waals surface area contributed by atoms with Crippen molar-refractivity contribution in [1.82, 2.24) is 20.2 Å². The number of hydrogen-bond donors (Lipinski definition) is 2. The molecule has 0 saturated carbocycles. The number of carbonyl (C=O) groups is 1. The predicted molar refractivity (Wildman–Crippen MR) is 92.3 cm³/mol. The summed E-state index contributed by atoms with van der Waals surface area (Å²) in [4.78, 5) is 16.3. The number of methoxy groups -OCH3 is 1. The normalized spacial score (nSPS) is 11.9. The van der Waals surface area contributed by atoms with E-state index in [9.17, 15) is 4.79 Å². The van der Waals surface area contributed by atoms with E-state index in [1.54, 1.807) is 38.0 Å². The number of rotatable bonds is 7. The Morgan fingerprint density at radius 3 is 2.92 bits per heavy atom. The molecule has 1 unspecified atom stereocenters. The Morgan fingerprint density at radius 1 is 1.32 bits per heavy atom. The summed E-state index contributed by atoms with van der Waals surface area (Å²) in [5.41, 5.74) is 1.96. The molecule has 0 aliphatic heterocycles. The van der Waals surface area contributed by atoms with Crippen LogP contribution >= 0.6 is 0 Å². The van der Waals surface area contributed by atoms with E-state index in [2.05, 4.69) is 15.6 Å². The van der Waals surface area contributed by atoms with Crippen LogP contribution in [0.2, 0.25) is 0 Å². The van der Waals surface area contributed by atoms with Crippen LogP contribution in [0.1, 0.15) is 17.4 Å². The summed E-state index contributed by atoms with van der Waals surface area (Å²) in [7, 11) is 1.58. The summed E-state index contributed by atoms with van der Waals surface area (Å²) >= 11 is 0. The number of nitrogens with zero attached hydrogens (tertiary/aromatic N) is 2. The standard InChI is InChI=1S/C18H20N4O3/c1-24-12-15(17-7-4-10-25-17)21-18(23)20-11-14-5-2-3-6-16(14)22-9-8-19-13-22/h2-10,13,15H,11-12H2,1H3,(H2,20,21,23). The van der Waals surface area contributed by atoms with Gasteiger partial charge in [-0.05, 0) is 23.8 Å². The number of ether oxygens (including phenoxy) is 1. The minimum absolute atomic E-state index is 0.293. The Morgan fingerprint density at radius 2 is 2.20 bits per heavy atom. The first-order valence-electron chi connectivity index (χ1n) is 7.91. The van der Waals surface area contributed by atoms with Crippen LogP contribution in [0, 0.1) is 0 Å². The number of benzene rings is 1. The van der Waals surface area contributed by atoms with Crippen molar-refractivity contribution < 1.29 is 13.9 Å². The molecule has 0 aliphatic carbocycles. The smallest absolute Gasteiger partial charge is 0.315 e. The topological polar surface area (TPSA) is 81.3 Å². The zero-order chi connectivity index (χ0) is 17.5. The molecule has 0 spiro atoms. The van der Waals surface area contributed by atoms with E-state index in [0.717, 1.165) is 11.3 Å². The van der Waals surface area contributed by atoms with Crippen LogP contribution in [0.5, 0.6) is 0 Å². The highest BCUT2D eigenvalue weighted by Gasteiger charge is 2.17. The molecule has 1 aromatic carbocycles. The van der Waals surface area contributed by atoms with Gasteiger partial charge in [0.05, 0.1) is 24.9 Å². The minimum atomic E-state index is -0.344. The maximum Gasteiger partial charge on any atom is 0.315 e. The molecule has 3 aromatic rings. The molecule has 0 saturated heterocycles. The van der Waals surface area contributed by atoms with Crippen molar-refractivity contribution in [2.75, 3.05) is 13.7 Å². The molecular weight excluding hydrogens is 320 g/mol. The Kier molecular flexibility index (Phi) is 5.48. The Hall–Kier alpha value is -3.06. The van der Waals surface area contributed by atoms with E-state index in [0.29, 0.717) is 18.9 Å². The van der Waals surface area contributed by atoms with Crippen LogP contribution in [-0.4, -0.2) is 29.3 Å². The molecule has 0 radical (unpaired) electrons. The summed E-state index contributed by atoms with van der Waals surface area (Å²) in [5, 5.41) is 5.73. The van der Waals surface area contributed by atoms with Gasteiger partial charge in [-0.2, -0.15) is 0 Å². The summed E-state index contributed by atoms with van der Waals surface area (Å²) in [6.45, 7) is 0.713. The van der Waals surface area contributed by atoms with E-state index in [4.69, 9.17) is 9.15 Å². The van der Waals surface area contributed by atoms with Gasteiger partial charge >= 0.3 is 6.03 Å². The largest absolute Gasteiger partial charge is 0.467 e. The molecule has 3 rings (SSSR count). The summed E-state index contributed by atoms with van der Waals surface area (Å²) in [6.07, 6.45) is 6.88. The molecule has 1 atom stereocenters. The summed E-state index contributed by atoms with van der Waals surface area (Å²) in [5.74, 6) is 0.649. The van der Waals surface area contributed by atoms with Crippen LogP contribution in [0.4, 0.5) is 4.79 Å². The number of nitrogens with one attached hydrogen (secondary N) is 2. The highest BCUT2D eigenvalue weighted by molar-refractivity contribution is 5.74. The third-order valence-electron chi connectivity index (χ3n) is 3.74. The molecule has 2 N–H and O–H groups in total. The van der Waals surface area contributed by atoms with E-state index in [-0.39, 0.29) is 12.1 Å². The maximum absolute atomic E-state index is 12.3. The zero-order valence-corrected chi connectivity index (χ0v) is 13.9.